The Kier molecular flexibility index (Phi) is 44.0. The van der Waals surface area contributed by atoms with Gasteiger partial charge in [-0.15, -0.1) is 0 Å². The van der Waals surface area contributed by atoms with E-state index in [0.717, 1.165) is 51.4 Å². The molecule has 0 saturated heterocycles. The summed E-state index contributed by atoms with van der Waals surface area (Å²) in [4.78, 5) is 22.9. The fourth-order valence-electron chi connectivity index (χ4n) is 7.70. The summed E-state index contributed by atoms with van der Waals surface area (Å²) in [6.07, 6.45) is 57.4. The number of aliphatic hydroxyl groups excluding tert-OH is 1. The molecule has 0 aromatic carbocycles. The Hall–Kier alpha value is -1.28. The number of rotatable bonds is 48. The number of quaternary nitrogens is 1. The van der Waals surface area contributed by atoms with Gasteiger partial charge in [0.05, 0.1) is 39.9 Å². The van der Waals surface area contributed by atoms with E-state index in [4.69, 9.17) is 9.05 Å². The van der Waals surface area contributed by atoms with E-state index in [1.807, 2.05) is 21.1 Å². The number of hydrogen-bond acceptors (Lipinski definition) is 5. The van der Waals surface area contributed by atoms with Crippen LogP contribution in [-0.2, 0) is 18.4 Å². The zero-order valence-electron chi connectivity index (χ0n) is 41.6. The molecule has 0 aliphatic carbocycles. The van der Waals surface area contributed by atoms with Crippen LogP contribution in [0.1, 0.15) is 245 Å². The van der Waals surface area contributed by atoms with Gasteiger partial charge in [0.25, 0.3) is 0 Å². The second kappa shape index (κ2) is 44.9. The molecule has 9 heteroatoms. The molecule has 0 bridgehead atoms. The summed E-state index contributed by atoms with van der Waals surface area (Å²) >= 11 is 0. The third kappa shape index (κ3) is 46.7. The molecule has 62 heavy (non-hydrogen) atoms. The topological polar surface area (TPSA) is 105 Å². The number of nitrogens with one attached hydrogen (secondary N) is 1. The lowest BCUT2D eigenvalue weighted by molar-refractivity contribution is -0.870. The molecule has 0 aromatic rings. The molecule has 3 N–H and O–H groups in total. The van der Waals surface area contributed by atoms with Gasteiger partial charge >= 0.3 is 7.82 Å². The summed E-state index contributed by atoms with van der Waals surface area (Å²) in [6, 6.07) is -0.753. The molecule has 8 nitrogen and oxygen atoms in total. The Morgan fingerprint density at radius 2 is 0.919 bits per heavy atom. The largest absolute Gasteiger partial charge is 0.472 e. The van der Waals surface area contributed by atoms with Crippen LogP contribution in [0.25, 0.3) is 0 Å². The second-order valence-electron chi connectivity index (χ2n) is 19.3. The molecule has 0 saturated carbocycles. The lowest BCUT2D eigenvalue weighted by Crippen LogP contribution is -2.46. The van der Waals surface area contributed by atoms with Crippen molar-refractivity contribution in [1.29, 1.82) is 0 Å². The van der Waals surface area contributed by atoms with Gasteiger partial charge in [-0.2, -0.15) is 0 Å². The van der Waals surface area contributed by atoms with Gasteiger partial charge in [0.1, 0.15) is 13.2 Å². The fraction of sp³-hybridized carbons (Fsp3) is 0.868. The molecule has 0 aliphatic rings. The van der Waals surface area contributed by atoms with E-state index in [1.165, 1.54) is 167 Å². The van der Waals surface area contributed by atoms with Gasteiger partial charge in [-0.1, -0.05) is 224 Å². The smallest absolute Gasteiger partial charge is 0.391 e. The molecule has 0 fully saturated rings. The Bertz CT molecular complexity index is 1110. The minimum atomic E-state index is -4.29. The van der Waals surface area contributed by atoms with Gasteiger partial charge in [0, 0.05) is 6.42 Å². The third-order valence-electron chi connectivity index (χ3n) is 11.9. The Labute approximate surface area is 385 Å². The maximum absolute atomic E-state index is 12.7. The normalized spacial score (nSPS) is 14.4. The molecule has 0 spiro atoms. The second-order valence-corrected chi connectivity index (χ2v) is 20.7. The number of amides is 1. The Morgan fingerprint density at radius 1 is 0.548 bits per heavy atom. The summed E-state index contributed by atoms with van der Waals surface area (Å²) in [5.41, 5.74) is 0. The average Bonchev–Trinajstić information content (AvgIpc) is 3.23. The summed E-state index contributed by atoms with van der Waals surface area (Å²) in [5, 5.41) is 13.6. The molecule has 0 heterocycles. The van der Waals surface area contributed by atoms with E-state index in [-0.39, 0.29) is 19.1 Å². The average molecular weight is 896 g/mol. The van der Waals surface area contributed by atoms with Crippen LogP contribution in [-0.4, -0.2) is 73.4 Å². The van der Waals surface area contributed by atoms with Gasteiger partial charge in [-0.3, -0.25) is 13.8 Å². The van der Waals surface area contributed by atoms with E-state index >= 15 is 0 Å². The Morgan fingerprint density at radius 3 is 1.34 bits per heavy atom. The maximum atomic E-state index is 12.7. The van der Waals surface area contributed by atoms with Crippen molar-refractivity contribution >= 4 is 13.7 Å². The molecule has 3 atom stereocenters. The number of aliphatic hydroxyl groups is 1. The van der Waals surface area contributed by atoms with Gasteiger partial charge in [-0.25, -0.2) is 4.57 Å². The van der Waals surface area contributed by atoms with Crippen LogP contribution in [0, 0.1) is 0 Å². The van der Waals surface area contributed by atoms with Crippen molar-refractivity contribution in [3.8, 4) is 0 Å². The molecule has 0 radical (unpaired) electrons. The zero-order chi connectivity index (χ0) is 45.7. The molecule has 0 aliphatic heterocycles. The highest BCUT2D eigenvalue weighted by atomic mass is 31.2. The van der Waals surface area contributed by atoms with Crippen molar-refractivity contribution < 1.29 is 32.9 Å². The summed E-state index contributed by atoms with van der Waals surface area (Å²) < 4.78 is 23.3. The first-order chi connectivity index (χ1) is 30.0. The van der Waals surface area contributed by atoms with Gasteiger partial charge in [-0.05, 0) is 51.4 Å². The molecule has 366 valence electrons. The van der Waals surface area contributed by atoms with Crippen LogP contribution >= 0.6 is 7.82 Å². The lowest BCUT2D eigenvalue weighted by atomic mass is 10.0. The van der Waals surface area contributed by atoms with E-state index < -0.39 is 20.0 Å². The molecular formula is C53H104N2O6P+. The van der Waals surface area contributed by atoms with Crippen LogP contribution in [0.4, 0.5) is 0 Å². The van der Waals surface area contributed by atoms with Gasteiger partial charge in [0.2, 0.25) is 5.91 Å². The van der Waals surface area contributed by atoms with Crippen LogP contribution in [0.3, 0.4) is 0 Å². The van der Waals surface area contributed by atoms with Crippen LogP contribution in [0.5, 0.6) is 0 Å². The molecule has 0 aromatic heterocycles. The molecule has 3 unspecified atom stereocenters. The zero-order valence-corrected chi connectivity index (χ0v) is 42.5. The molecular weight excluding hydrogens is 792 g/mol. The highest BCUT2D eigenvalue weighted by Gasteiger charge is 2.28. The van der Waals surface area contributed by atoms with Gasteiger partial charge < -0.3 is 19.8 Å². The summed E-state index contributed by atoms with van der Waals surface area (Å²) in [5.74, 6) is -0.153. The van der Waals surface area contributed by atoms with Crippen molar-refractivity contribution in [2.45, 2.75) is 257 Å². The number of likely N-dealkylation sites (N-methyl/N-ethyl adjacent to an activating group) is 1. The van der Waals surface area contributed by atoms with Crippen LogP contribution < -0.4 is 5.32 Å². The predicted octanol–water partition coefficient (Wildman–Crippen LogP) is 15.4. The van der Waals surface area contributed by atoms with Crippen molar-refractivity contribution in [2.24, 2.45) is 0 Å². The molecule has 0 rings (SSSR count). The number of hydrogen-bond donors (Lipinski definition) is 3. The first-order valence-corrected chi connectivity index (χ1v) is 27.8. The van der Waals surface area contributed by atoms with E-state index in [0.29, 0.717) is 23.9 Å². The van der Waals surface area contributed by atoms with E-state index in [2.05, 4.69) is 55.6 Å². The minimum absolute atomic E-state index is 0.0742. The number of carbonyl (C=O) groups excluding carboxylic acids is 1. The summed E-state index contributed by atoms with van der Waals surface area (Å²) in [7, 11) is 1.61. The van der Waals surface area contributed by atoms with Crippen molar-refractivity contribution in [3.05, 3.63) is 36.5 Å². The maximum Gasteiger partial charge on any atom is 0.472 e. The number of nitrogens with zero attached hydrogens (tertiary/aromatic N) is 1. The summed E-state index contributed by atoms with van der Waals surface area (Å²) in [6.45, 7) is 4.72. The minimum Gasteiger partial charge on any atom is -0.391 e. The quantitative estimate of drug-likeness (QED) is 0.0243. The van der Waals surface area contributed by atoms with Crippen molar-refractivity contribution in [3.63, 3.8) is 0 Å². The standard InChI is InChI=1S/C53H103N2O6P/c1-6-8-10-11-12-13-14-15-16-17-18-19-20-21-22-23-24-25-26-27-28-29-30-31-32-33-34-35-36-37-38-39-40-41-42-43-45-47-53(57)54-51(52(56)46-44-9-7-2)50-61-62(58,59)60-49-48-55(3,4)5/h14-15,17-18,20-21,51-52,56H,6-13,16,19,22-50H2,1-5H3,(H-,54,57,58,59)/p+1/b15-14-,18-17-,21-20-. The van der Waals surface area contributed by atoms with Crippen LogP contribution in [0.2, 0.25) is 0 Å². The first-order valence-electron chi connectivity index (χ1n) is 26.4. The fourth-order valence-corrected chi connectivity index (χ4v) is 8.44. The highest BCUT2D eigenvalue weighted by molar-refractivity contribution is 7.47. The third-order valence-corrected chi connectivity index (χ3v) is 12.9. The monoisotopic (exact) mass is 896 g/mol. The number of allylic oxidation sites excluding steroid dienone is 6. The number of phosphoric ester groups is 1. The van der Waals surface area contributed by atoms with Crippen molar-refractivity contribution in [1.82, 2.24) is 5.32 Å². The van der Waals surface area contributed by atoms with E-state index in [9.17, 15) is 19.4 Å². The number of unbranched alkanes of at least 4 members (excludes halogenated alkanes) is 29. The number of phosphoric acid groups is 1. The van der Waals surface area contributed by atoms with Crippen molar-refractivity contribution in [2.75, 3.05) is 40.9 Å². The highest BCUT2D eigenvalue weighted by Crippen LogP contribution is 2.43. The predicted molar refractivity (Wildman–Crippen MR) is 268 cm³/mol. The lowest BCUT2D eigenvalue weighted by Gasteiger charge is -2.26. The van der Waals surface area contributed by atoms with E-state index in [1.54, 1.807) is 0 Å². The SMILES string of the molecule is CCCCCCC/C=C\C/C=C\C/C=C\CCCCCCCCCCCCCCCCCCCCCCCCC(=O)NC(COP(=O)(O)OCC[N+](C)(C)C)C(O)CCCCC. The first kappa shape index (κ1) is 60.7. The Balaban J connectivity index is 3.64. The van der Waals surface area contributed by atoms with Crippen LogP contribution in [0.15, 0.2) is 36.5 Å². The van der Waals surface area contributed by atoms with Gasteiger partial charge in [0.15, 0.2) is 0 Å². The number of carbonyl (C=O) groups is 1. The molecule has 1 amide bonds.